The van der Waals surface area contributed by atoms with Gasteiger partial charge in [-0.25, -0.2) is 0 Å². The van der Waals surface area contributed by atoms with Crippen molar-refractivity contribution in [1.82, 2.24) is 4.90 Å². The number of hydrogen-bond donors (Lipinski definition) is 0. The molecule has 3 nitrogen and oxygen atoms in total. The predicted molar refractivity (Wildman–Crippen MR) is 54.9 cm³/mol. The van der Waals surface area contributed by atoms with Crippen molar-refractivity contribution < 1.29 is 9.59 Å². The lowest BCUT2D eigenvalue weighted by molar-refractivity contribution is -0.135. The van der Waals surface area contributed by atoms with E-state index in [1.165, 1.54) is 0 Å². The van der Waals surface area contributed by atoms with E-state index in [4.69, 9.17) is 0 Å². The van der Waals surface area contributed by atoms with E-state index in [-0.39, 0.29) is 17.7 Å². The molecule has 0 aromatic rings. The summed E-state index contributed by atoms with van der Waals surface area (Å²) in [5.41, 5.74) is 0. The van der Waals surface area contributed by atoms with Crippen LogP contribution in [-0.4, -0.2) is 29.2 Å². The van der Waals surface area contributed by atoms with Gasteiger partial charge in [-0.15, -0.1) is 0 Å². The van der Waals surface area contributed by atoms with Gasteiger partial charge in [-0.3, -0.25) is 9.59 Å². The first kappa shape index (κ1) is 11.2. The first-order valence-corrected chi connectivity index (χ1v) is 5.44. The van der Waals surface area contributed by atoms with E-state index in [1.54, 1.807) is 6.92 Å². The number of rotatable bonds is 3. The molecule has 80 valence electrons. The van der Waals surface area contributed by atoms with Crippen molar-refractivity contribution in [1.29, 1.82) is 0 Å². The van der Waals surface area contributed by atoms with Gasteiger partial charge in [-0.2, -0.15) is 0 Å². The molecule has 0 saturated carbocycles. The summed E-state index contributed by atoms with van der Waals surface area (Å²) in [5, 5.41) is 0. The fourth-order valence-electron chi connectivity index (χ4n) is 2.08. The molecular weight excluding hydrogens is 178 g/mol. The Hall–Kier alpha value is -0.860. The van der Waals surface area contributed by atoms with Gasteiger partial charge in [0.25, 0.3) is 0 Å². The van der Waals surface area contributed by atoms with Crippen molar-refractivity contribution in [3.63, 3.8) is 0 Å². The number of nitrogens with zero attached hydrogens (tertiary/aromatic N) is 1. The quantitative estimate of drug-likeness (QED) is 0.691. The molecule has 1 rings (SSSR count). The summed E-state index contributed by atoms with van der Waals surface area (Å²) in [6.45, 7) is 4.32. The molecule has 14 heavy (non-hydrogen) atoms. The number of ketones is 1. The maximum absolute atomic E-state index is 11.6. The Kier molecular flexibility index (Phi) is 4.11. The zero-order chi connectivity index (χ0) is 10.6. The van der Waals surface area contributed by atoms with Crippen LogP contribution >= 0.6 is 0 Å². The summed E-state index contributed by atoms with van der Waals surface area (Å²) < 4.78 is 0. The van der Waals surface area contributed by atoms with E-state index >= 15 is 0 Å². The van der Waals surface area contributed by atoms with E-state index in [0.29, 0.717) is 12.8 Å². The molecule has 0 aromatic carbocycles. The molecule has 1 aliphatic heterocycles. The second kappa shape index (κ2) is 5.13. The molecular formula is C11H19NO2. The Morgan fingerprint density at radius 3 is 2.64 bits per heavy atom. The Morgan fingerprint density at radius 1 is 1.36 bits per heavy atom. The summed E-state index contributed by atoms with van der Waals surface area (Å²) in [5.74, 6) is 0.377. The minimum absolute atomic E-state index is 0.175. The summed E-state index contributed by atoms with van der Waals surface area (Å²) in [7, 11) is 0. The Labute approximate surface area is 85.5 Å². The standard InChI is InChI=1S/C11H19NO2/c1-3-11(14)12-7-5-4-6-10(12)8-9(2)13/h10H,3-8H2,1-2H3. The molecule has 0 radical (unpaired) electrons. The van der Waals surface area contributed by atoms with Crippen LogP contribution in [-0.2, 0) is 9.59 Å². The van der Waals surface area contributed by atoms with E-state index < -0.39 is 0 Å². The van der Waals surface area contributed by atoms with E-state index in [0.717, 1.165) is 25.8 Å². The summed E-state index contributed by atoms with van der Waals surface area (Å²) >= 11 is 0. The number of amides is 1. The van der Waals surface area contributed by atoms with Crippen LogP contribution in [0.2, 0.25) is 0 Å². The summed E-state index contributed by atoms with van der Waals surface area (Å²) in [4.78, 5) is 24.5. The van der Waals surface area contributed by atoms with E-state index in [2.05, 4.69) is 0 Å². The van der Waals surface area contributed by atoms with Crippen LogP contribution in [0, 0.1) is 0 Å². The largest absolute Gasteiger partial charge is 0.339 e. The lowest BCUT2D eigenvalue weighted by atomic mass is 9.97. The number of likely N-dealkylation sites (tertiary alicyclic amines) is 1. The summed E-state index contributed by atoms with van der Waals surface area (Å²) in [6, 6.07) is 0.175. The molecule has 0 aromatic heterocycles. The van der Waals surface area contributed by atoms with Crippen molar-refractivity contribution >= 4 is 11.7 Å². The van der Waals surface area contributed by atoms with E-state index in [1.807, 2.05) is 11.8 Å². The monoisotopic (exact) mass is 197 g/mol. The van der Waals surface area contributed by atoms with Gasteiger partial charge in [0.05, 0.1) is 0 Å². The highest BCUT2D eigenvalue weighted by molar-refractivity contribution is 5.79. The van der Waals surface area contributed by atoms with Crippen molar-refractivity contribution in [3.05, 3.63) is 0 Å². The molecule has 1 amide bonds. The highest BCUT2D eigenvalue weighted by Gasteiger charge is 2.26. The Balaban J connectivity index is 2.58. The van der Waals surface area contributed by atoms with Crippen LogP contribution in [0.1, 0.15) is 46.0 Å². The second-order valence-corrected chi connectivity index (χ2v) is 4.00. The molecule has 1 heterocycles. The third kappa shape index (κ3) is 2.82. The van der Waals surface area contributed by atoms with Gasteiger partial charge in [-0.05, 0) is 26.2 Å². The van der Waals surface area contributed by atoms with Crippen molar-refractivity contribution in [3.8, 4) is 0 Å². The molecule has 1 atom stereocenters. The van der Waals surface area contributed by atoms with Crippen LogP contribution < -0.4 is 0 Å². The van der Waals surface area contributed by atoms with Gasteiger partial charge in [0.1, 0.15) is 5.78 Å². The SMILES string of the molecule is CCC(=O)N1CCCCC1CC(C)=O. The maximum Gasteiger partial charge on any atom is 0.222 e. The van der Waals surface area contributed by atoms with Gasteiger partial charge >= 0.3 is 0 Å². The highest BCUT2D eigenvalue weighted by atomic mass is 16.2. The van der Waals surface area contributed by atoms with Crippen LogP contribution in [0.4, 0.5) is 0 Å². The van der Waals surface area contributed by atoms with Crippen LogP contribution in [0.15, 0.2) is 0 Å². The number of piperidine rings is 1. The predicted octanol–water partition coefficient (Wildman–Crippen LogP) is 1.76. The minimum Gasteiger partial charge on any atom is -0.339 e. The average Bonchev–Trinajstić information content (AvgIpc) is 2.16. The van der Waals surface area contributed by atoms with Gasteiger partial charge in [0.15, 0.2) is 0 Å². The molecule has 1 fully saturated rings. The van der Waals surface area contributed by atoms with Crippen LogP contribution in [0.3, 0.4) is 0 Å². The fourth-order valence-corrected chi connectivity index (χ4v) is 2.08. The van der Waals surface area contributed by atoms with Crippen molar-refractivity contribution in [2.75, 3.05) is 6.54 Å². The molecule has 0 N–H and O–H groups in total. The first-order chi connectivity index (χ1) is 6.65. The number of carbonyl (C=O) groups excluding carboxylic acids is 2. The van der Waals surface area contributed by atoms with Crippen molar-refractivity contribution in [2.24, 2.45) is 0 Å². The topological polar surface area (TPSA) is 37.4 Å². The Morgan fingerprint density at radius 2 is 2.07 bits per heavy atom. The maximum atomic E-state index is 11.6. The molecule has 1 saturated heterocycles. The zero-order valence-corrected chi connectivity index (χ0v) is 9.08. The molecule has 1 aliphatic rings. The molecule has 1 unspecified atom stereocenters. The van der Waals surface area contributed by atoms with Gasteiger partial charge in [0.2, 0.25) is 5.91 Å². The molecule has 0 aliphatic carbocycles. The molecule has 0 bridgehead atoms. The van der Waals surface area contributed by atoms with Crippen LogP contribution in [0.25, 0.3) is 0 Å². The summed E-state index contributed by atoms with van der Waals surface area (Å²) in [6.07, 6.45) is 4.30. The molecule has 3 heteroatoms. The van der Waals surface area contributed by atoms with E-state index in [9.17, 15) is 9.59 Å². The van der Waals surface area contributed by atoms with Crippen LogP contribution in [0.5, 0.6) is 0 Å². The van der Waals surface area contributed by atoms with Gasteiger partial charge < -0.3 is 4.90 Å². The number of hydrogen-bond acceptors (Lipinski definition) is 2. The Bertz CT molecular complexity index is 225. The fraction of sp³-hybridized carbons (Fsp3) is 0.818. The first-order valence-electron chi connectivity index (χ1n) is 5.44. The zero-order valence-electron chi connectivity index (χ0n) is 9.08. The van der Waals surface area contributed by atoms with Crippen molar-refractivity contribution in [2.45, 2.75) is 52.0 Å². The number of Topliss-reactive ketones (excluding diaryl/α,β-unsaturated/α-hetero) is 1. The minimum atomic E-state index is 0.175. The lowest BCUT2D eigenvalue weighted by Gasteiger charge is -2.35. The normalized spacial score (nSPS) is 22.1. The third-order valence-electron chi connectivity index (χ3n) is 2.77. The highest BCUT2D eigenvalue weighted by Crippen LogP contribution is 2.20. The third-order valence-corrected chi connectivity index (χ3v) is 2.77. The molecule has 0 spiro atoms. The second-order valence-electron chi connectivity index (χ2n) is 4.00. The smallest absolute Gasteiger partial charge is 0.222 e. The lowest BCUT2D eigenvalue weighted by Crippen LogP contribution is -2.44. The van der Waals surface area contributed by atoms with Gasteiger partial charge in [-0.1, -0.05) is 6.92 Å². The number of carbonyl (C=O) groups is 2. The average molecular weight is 197 g/mol. The van der Waals surface area contributed by atoms with Gasteiger partial charge in [0, 0.05) is 25.4 Å².